The molecule has 0 unspecified atom stereocenters. The Bertz CT molecular complexity index is 1440. The van der Waals surface area contributed by atoms with Crippen molar-refractivity contribution < 1.29 is 18.4 Å². The fourth-order valence-corrected chi connectivity index (χ4v) is 5.39. The number of anilines is 1. The molecule has 37 heavy (non-hydrogen) atoms. The van der Waals surface area contributed by atoms with Crippen molar-refractivity contribution in [2.45, 2.75) is 31.1 Å². The summed E-state index contributed by atoms with van der Waals surface area (Å²) in [5.74, 6) is -1.64. The maximum atomic E-state index is 13.8. The number of nitrogens with one attached hydrogen (secondary N) is 1. The molecule has 0 spiro atoms. The number of carbonyl (C=O) groups is 2. The van der Waals surface area contributed by atoms with E-state index in [2.05, 4.69) is 10.3 Å². The highest BCUT2D eigenvalue weighted by atomic mass is 35.5. The number of rotatable bonds is 5. The number of carbonyl (C=O) groups excluding carboxylic acids is 2. The van der Waals surface area contributed by atoms with E-state index >= 15 is 0 Å². The van der Waals surface area contributed by atoms with Gasteiger partial charge in [0.25, 0.3) is 5.91 Å². The molecular formula is C27H21ClF2N4O2S. The minimum absolute atomic E-state index is 0.129. The molecule has 0 bridgehead atoms. The second-order valence-corrected chi connectivity index (χ2v) is 10.3. The number of hydrogen-bond donors (Lipinski definition) is 1. The molecule has 10 heteroatoms. The van der Waals surface area contributed by atoms with Crippen LogP contribution in [0.5, 0.6) is 0 Å². The molecule has 2 amide bonds. The zero-order valence-corrected chi connectivity index (χ0v) is 21.2. The van der Waals surface area contributed by atoms with Crippen LogP contribution in [0.1, 0.15) is 35.6 Å². The van der Waals surface area contributed by atoms with Gasteiger partial charge in [-0.15, -0.1) is 0 Å². The molecule has 2 aliphatic rings. The molecule has 3 aromatic rings. The Hall–Kier alpha value is -3.56. The molecule has 0 saturated carbocycles. The van der Waals surface area contributed by atoms with Crippen molar-refractivity contribution in [2.24, 2.45) is 10.1 Å². The Balaban J connectivity index is 1.35. The summed E-state index contributed by atoms with van der Waals surface area (Å²) < 4.78 is 27.3. The van der Waals surface area contributed by atoms with Gasteiger partial charge in [-0.1, -0.05) is 53.7 Å². The highest BCUT2D eigenvalue weighted by Gasteiger charge is 2.39. The third-order valence-electron chi connectivity index (χ3n) is 6.07. The Labute approximate surface area is 221 Å². The van der Waals surface area contributed by atoms with Gasteiger partial charge in [0.1, 0.15) is 16.9 Å². The molecule has 2 aliphatic heterocycles. The topological polar surface area (TPSA) is 74.1 Å². The molecule has 188 valence electrons. The number of amides is 2. The molecule has 1 N–H and O–H groups in total. The number of aliphatic imine (C=N–C) groups is 1. The second-order valence-electron chi connectivity index (χ2n) is 8.73. The largest absolute Gasteiger partial charge is 0.326 e. The van der Waals surface area contributed by atoms with E-state index in [1.165, 1.54) is 18.2 Å². The summed E-state index contributed by atoms with van der Waals surface area (Å²) >= 11 is 7.39. The summed E-state index contributed by atoms with van der Waals surface area (Å²) in [6.45, 7) is 1.63. The quantitative estimate of drug-likeness (QED) is 0.426. The third-order valence-corrected chi connectivity index (χ3v) is 7.45. The number of aryl methyl sites for hydroxylation is 1. The van der Waals surface area contributed by atoms with Crippen molar-refractivity contribution in [3.05, 3.63) is 100 Å². The van der Waals surface area contributed by atoms with Crippen molar-refractivity contribution in [1.82, 2.24) is 5.01 Å². The van der Waals surface area contributed by atoms with Crippen LogP contribution in [0, 0.1) is 18.6 Å². The van der Waals surface area contributed by atoms with Crippen molar-refractivity contribution in [2.75, 3.05) is 5.32 Å². The molecule has 0 fully saturated rings. The van der Waals surface area contributed by atoms with Gasteiger partial charge in [-0.3, -0.25) is 9.59 Å². The average molecular weight is 539 g/mol. The predicted molar refractivity (Wildman–Crippen MR) is 142 cm³/mol. The van der Waals surface area contributed by atoms with Crippen LogP contribution in [0.3, 0.4) is 0 Å². The first-order valence-electron chi connectivity index (χ1n) is 11.5. The molecule has 0 aliphatic carbocycles. The highest BCUT2D eigenvalue weighted by molar-refractivity contribution is 8.15. The van der Waals surface area contributed by atoms with E-state index in [1.807, 2.05) is 18.2 Å². The number of thioether (sulfide) groups is 1. The van der Waals surface area contributed by atoms with E-state index in [1.54, 1.807) is 42.3 Å². The summed E-state index contributed by atoms with van der Waals surface area (Å²) in [5.41, 5.74) is 3.14. The number of amidine groups is 1. The number of benzene rings is 3. The molecule has 0 radical (unpaired) electrons. The van der Waals surface area contributed by atoms with Crippen LogP contribution in [0.15, 0.2) is 76.8 Å². The van der Waals surface area contributed by atoms with E-state index in [9.17, 15) is 18.4 Å². The van der Waals surface area contributed by atoms with Gasteiger partial charge in [0.2, 0.25) is 5.91 Å². The van der Waals surface area contributed by atoms with Crippen LogP contribution in [0.25, 0.3) is 0 Å². The van der Waals surface area contributed by atoms with E-state index in [4.69, 9.17) is 16.7 Å². The Morgan fingerprint density at radius 3 is 2.65 bits per heavy atom. The molecule has 3 aromatic carbocycles. The van der Waals surface area contributed by atoms with Crippen LogP contribution in [-0.4, -0.2) is 33.0 Å². The fourth-order valence-electron chi connectivity index (χ4n) is 4.13. The number of halogens is 3. The van der Waals surface area contributed by atoms with Gasteiger partial charge in [-0.25, -0.2) is 13.8 Å². The third kappa shape index (κ3) is 5.57. The lowest BCUT2D eigenvalue weighted by atomic mass is 9.98. The van der Waals surface area contributed by atoms with E-state index < -0.39 is 22.9 Å². The van der Waals surface area contributed by atoms with Crippen LogP contribution in [0.4, 0.5) is 14.5 Å². The monoisotopic (exact) mass is 538 g/mol. The molecule has 5 rings (SSSR count). The summed E-state index contributed by atoms with van der Waals surface area (Å²) in [7, 11) is 0. The normalized spacial score (nSPS) is 19.1. The first-order valence-corrected chi connectivity index (χ1v) is 12.8. The van der Waals surface area contributed by atoms with Gasteiger partial charge in [-0.05, 0) is 60.0 Å². The zero-order valence-electron chi connectivity index (χ0n) is 19.6. The molecule has 0 aromatic heterocycles. The standard InChI is InChI=1S/C27H21ClF2N4O2S/c1-15-5-10-20(12-21(15)30)31-25(35)14-24-26(36)32-27(37-24)34-23(17-3-2-4-18(28)11-17)13-22(33-34)16-6-8-19(29)9-7-16/h2-12,23-24H,13-14H2,1H3,(H,31,35)/t23-,24+/m1/s1. The Morgan fingerprint density at radius 2 is 1.92 bits per heavy atom. The molecule has 2 heterocycles. The second kappa shape index (κ2) is 10.4. The van der Waals surface area contributed by atoms with Crippen molar-refractivity contribution in [3.8, 4) is 0 Å². The smallest absolute Gasteiger partial charge is 0.262 e. The SMILES string of the molecule is Cc1ccc(NC(=O)C[C@@H]2SC(N3N=C(c4ccc(F)cc4)C[C@@H]3c3cccc(Cl)c3)=NC2=O)cc1F. The minimum atomic E-state index is -0.740. The van der Waals surface area contributed by atoms with Gasteiger partial charge in [0, 0.05) is 23.6 Å². The zero-order chi connectivity index (χ0) is 26.1. The fraction of sp³-hybridized carbons (Fsp3) is 0.185. The lowest BCUT2D eigenvalue weighted by Crippen LogP contribution is -2.25. The average Bonchev–Trinajstić information content (AvgIpc) is 3.46. The van der Waals surface area contributed by atoms with Crippen LogP contribution < -0.4 is 5.32 Å². The highest BCUT2D eigenvalue weighted by Crippen LogP contribution is 2.39. The van der Waals surface area contributed by atoms with Crippen molar-refractivity contribution in [3.63, 3.8) is 0 Å². The molecular weight excluding hydrogens is 518 g/mol. The van der Waals surface area contributed by atoms with E-state index in [0.717, 1.165) is 22.9 Å². The number of hydrazone groups is 1. The van der Waals surface area contributed by atoms with E-state index in [-0.39, 0.29) is 18.3 Å². The van der Waals surface area contributed by atoms with Crippen LogP contribution in [0.2, 0.25) is 5.02 Å². The molecule has 6 nitrogen and oxygen atoms in total. The lowest BCUT2D eigenvalue weighted by molar-refractivity contribution is -0.121. The molecule has 0 saturated heterocycles. The first-order chi connectivity index (χ1) is 17.8. The first kappa shape index (κ1) is 25.1. The number of nitrogens with zero attached hydrogens (tertiary/aromatic N) is 3. The number of hydrogen-bond acceptors (Lipinski definition) is 5. The van der Waals surface area contributed by atoms with Crippen LogP contribution >= 0.6 is 23.4 Å². The predicted octanol–water partition coefficient (Wildman–Crippen LogP) is 6.10. The minimum Gasteiger partial charge on any atom is -0.326 e. The van der Waals surface area contributed by atoms with Gasteiger partial charge >= 0.3 is 0 Å². The maximum Gasteiger partial charge on any atom is 0.262 e. The maximum absolute atomic E-state index is 13.8. The lowest BCUT2D eigenvalue weighted by Gasteiger charge is -2.23. The van der Waals surface area contributed by atoms with Crippen molar-refractivity contribution >= 4 is 51.7 Å². The van der Waals surface area contributed by atoms with Crippen molar-refractivity contribution in [1.29, 1.82) is 0 Å². The summed E-state index contributed by atoms with van der Waals surface area (Å²) in [6, 6.07) is 17.5. The molecule has 2 atom stereocenters. The van der Waals surface area contributed by atoms with E-state index in [0.29, 0.717) is 33.6 Å². The van der Waals surface area contributed by atoms with Gasteiger partial charge in [0.15, 0.2) is 5.17 Å². The van der Waals surface area contributed by atoms with Crippen LogP contribution in [-0.2, 0) is 9.59 Å². The Morgan fingerprint density at radius 1 is 1.14 bits per heavy atom. The summed E-state index contributed by atoms with van der Waals surface area (Å²) in [4.78, 5) is 29.5. The summed E-state index contributed by atoms with van der Waals surface area (Å²) in [5, 5.41) is 9.22. The van der Waals surface area contributed by atoms with Gasteiger partial charge < -0.3 is 5.32 Å². The van der Waals surface area contributed by atoms with Gasteiger partial charge in [-0.2, -0.15) is 10.1 Å². The summed E-state index contributed by atoms with van der Waals surface area (Å²) in [6.07, 6.45) is 0.361. The van der Waals surface area contributed by atoms with Gasteiger partial charge in [0.05, 0.1) is 11.8 Å². The Kier molecular flexibility index (Phi) is 7.08.